The number of aromatic nitrogens is 2. The van der Waals surface area contributed by atoms with E-state index in [2.05, 4.69) is 61.8 Å². The quantitative estimate of drug-likeness (QED) is 0.361. The molecular formula is C28H26BrFN4O. The van der Waals surface area contributed by atoms with E-state index in [1.807, 2.05) is 17.0 Å². The van der Waals surface area contributed by atoms with Gasteiger partial charge in [0.1, 0.15) is 11.5 Å². The summed E-state index contributed by atoms with van der Waals surface area (Å²) in [4.78, 5) is 22.3. The minimum atomic E-state index is -0.272. The first-order valence-corrected chi connectivity index (χ1v) is 12.8. The number of hydrogen-bond acceptors (Lipinski definition) is 3. The van der Waals surface area contributed by atoms with Gasteiger partial charge in [-0.2, -0.15) is 0 Å². The minimum absolute atomic E-state index is 0.136. The summed E-state index contributed by atoms with van der Waals surface area (Å²) in [5.41, 5.74) is 5.16. The van der Waals surface area contributed by atoms with E-state index in [1.54, 1.807) is 12.1 Å². The van der Waals surface area contributed by atoms with Crippen LogP contribution in [0.5, 0.6) is 0 Å². The van der Waals surface area contributed by atoms with Crippen molar-refractivity contribution in [3.63, 3.8) is 0 Å². The molecule has 0 spiro atoms. The molecule has 0 aliphatic carbocycles. The molecule has 2 aliphatic rings. The molecule has 7 heteroatoms. The van der Waals surface area contributed by atoms with E-state index in [1.165, 1.54) is 17.8 Å². The lowest BCUT2D eigenvalue weighted by Gasteiger charge is -2.22. The molecule has 0 radical (unpaired) electrons. The summed E-state index contributed by atoms with van der Waals surface area (Å²) in [6.45, 7) is 4.38. The number of imidazole rings is 1. The summed E-state index contributed by atoms with van der Waals surface area (Å²) in [7, 11) is 0. The Bertz CT molecular complexity index is 1350. The Kier molecular flexibility index (Phi) is 5.90. The Labute approximate surface area is 212 Å². The number of rotatable bonds is 5. The molecule has 1 amide bonds. The monoisotopic (exact) mass is 532 g/mol. The number of likely N-dealkylation sites (tertiary alicyclic amines) is 2. The van der Waals surface area contributed by atoms with Crippen molar-refractivity contribution in [2.45, 2.75) is 13.0 Å². The van der Waals surface area contributed by atoms with Crippen molar-refractivity contribution in [3.05, 3.63) is 94.5 Å². The lowest BCUT2D eigenvalue weighted by molar-refractivity contribution is -0.129. The van der Waals surface area contributed by atoms with E-state index in [4.69, 9.17) is 4.98 Å². The molecule has 4 aromatic rings. The summed E-state index contributed by atoms with van der Waals surface area (Å²) in [5.74, 6) is 0.841. The van der Waals surface area contributed by atoms with Gasteiger partial charge >= 0.3 is 0 Å². The molecule has 5 nitrogen and oxygen atoms in total. The van der Waals surface area contributed by atoms with Gasteiger partial charge in [-0.25, -0.2) is 9.37 Å². The molecule has 178 valence electrons. The largest absolute Gasteiger partial charge is 0.342 e. The van der Waals surface area contributed by atoms with E-state index in [-0.39, 0.29) is 11.7 Å². The van der Waals surface area contributed by atoms with Crippen LogP contribution < -0.4 is 0 Å². The average molecular weight is 533 g/mol. The summed E-state index contributed by atoms with van der Waals surface area (Å²) >= 11 is 3.53. The number of amides is 1. The van der Waals surface area contributed by atoms with Gasteiger partial charge in [0, 0.05) is 49.0 Å². The molecule has 6 rings (SSSR count). The van der Waals surface area contributed by atoms with Crippen LogP contribution in [0.2, 0.25) is 0 Å². The SMILES string of the molecule is O=C(Cc1ccc(F)cc1)N1CC2CN(Cc3c(-c4ccc(Br)cc4)nc4ccccn34)CC2C1. The second-order valence-corrected chi connectivity index (χ2v) is 10.6. The Hall–Kier alpha value is -3.03. The number of pyridine rings is 1. The lowest BCUT2D eigenvalue weighted by Crippen LogP contribution is -2.34. The zero-order valence-electron chi connectivity index (χ0n) is 19.3. The topological polar surface area (TPSA) is 40.9 Å². The molecule has 35 heavy (non-hydrogen) atoms. The highest BCUT2D eigenvalue weighted by Crippen LogP contribution is 2.34. The predicted molar refractivity (Wildman–Crippen MR) is 137 cm³/mol. The summed E-state index contributed by atoms with van der Waals surface area (Å²) < 4.78 is 16.4. The molecule has 2 fully saturated rings. The zero-order chi connectivity index (χ0) is 23.9. The fourth-order valence-corrected chi connectivity index (χ4v) is 5.82. The van der Waals surface area contributed by atoms with Gasteiger partial charge in [0.2, 0.25) is 5.91 Å². The summed E-state index contributed by atoms with van der Waals surface area (Å²) in [6.07, 6.45) is 2.43. The van der Waals surface area contributed by atoms with Gasteiger partial charge in [0.15, 0.2) is 0 Å². The van der Waals surface area contributed by atoms with Crippen molar-refractivity contribution in [2.24, 2.45) is 11.8 Å². The Morgan fingerprint density at radius 2 is 1.66 bits per heavy atom. The van der Waals surface area contributed by atoms with E-state index in [9.17, 15) is 9.18 Å². The maximum atomic E-state index is 13.2. The Balaban J connectivity index is 1.15. The van der Waals surface area contributed by atoms with Gasteiger partial charge in [-0.05, 0) is 53.8 Å². The molecule has 0 bridgehead atoms. The maximum absolute atomic E-state index is 13.2. The van der Waals surface area contributed by atoms with Gasteiger partial charge in [-0.15, -0.1) is 0 Å². The first-order chi connectivity index (χ1) is 17.0. The number of fused-ring (bicyclic) bond motifs is 2. The van der Waals surface area contributed by atoms with Crippen LogP contribution in [-0.2, 0) is 17.8 Å². The van der Waals surface area contributed by atoms with Crippen molar-refractivity contribution in [3.8, 4) is 11.3 Å². The molecular weight excluding hydrogens is 507 g/mol. The van der Waals surface area contributed by atoms with Gasteiger partial charge in [-0.1, -0.05) is 46.3 Å². The van der Waals surface area contributed by atoms with Crippen LogP contribution in [0.4, 0.5) is 4.39 Å². The van der Waals surface area contributed by atoms with Crippen LogP contribution in [0, 0.1) is 17.7 Å². The molecule has 4 heterocycles. The second kappa shape index (κ2) is 9.21. The van der Waals surface area contributed by atoms with E-state index < -0.39 is 0 Å². The van der Waals surface area contributed by atoms with Crippen molar-refractivity contribution in [1.29, 1.82) is 0 Å². The Morgan fingerprint density at radius 1 is 0.943 bits per heavy atom. The molecule has 2 unspecified atom stereocenters. The second-order valence-electron chi connectivity index (χ2n) is 9.66. The van der Waals surface area contributed by atoms with Crippen molar-refractivity contribution >= 4 is 27.5 Å². The van der Waals surface area contributed by atoms with Crippen molar-refractivity contribution in [1.82, 2.24) is 19.2 Å². The molecule has 2 saturated heterocycles. The Morgan fingerprint density at radius 3 is 2.37 bits per heavy atom. The third-order valence-electron chi connectivity index (χ3n) is 7.30. The van der Waals surface area contributed by atoms with Crippen LogP contribution in [-0.4, -0.2) is 51.3 Å². The highest BCUT2D eigenvalue weighted by atomic mass is 79.9. The third kappa shape index (κ3) is 4.50. The van der Waals surface area contributed by atoms with Gasteiger partial charge in [0.05, 0.1) is 17.8 Å². The fraction of sp³-hybridized carbons (Fsp3) is 0.286. The normalized spacial score (nSPS) is 20.0. The number of halogens is 2. The predicted octanol–water partition coefficient (Wildman–Crippen LogP) is 5.04. The molecule has 2 aliphatic heterocycles. The lowest BCUT2D eigenvalue weighted by atomic mass is 10.0. The van der Waals surface area contributed by atoms with E-state index in [0.29, 0.717) is 18.3 Å². The van der Waals surface area contributed by atoms with Crippen LogP contribution in [0.15, 0.2) is 77.4 Å². The first-order valence-electron chi connectivity index (χ1n) is 12.0. The average Bonchev–Trinajstić information content (AvgIpc) is 3.53. The molecule has 0 saturated carbocycles. The van der Waals surface area contributed by atoms with Crippen LogP contribution in [0.25, 0.3) is 16.9 Å². The number of carbonyl (C=O) groups is 1. The number of hydrogen-bond donors (Lipinski definition) is 0. The maximum Gasteiger partial charge on any atom is 0.227 e. The molecule has 2 aromatic carbocycles. The number of benzene rings is 2. The van der Waals surface area contributed by atoms with Crippen molar-refractivity contribution in [2.75, 3.05) is 26.2 Å². The molecule has 2 atom stereocenters. The fourth-order valence-electron chi connectivity index (χ4n) is 5.56. The van der Waals surface area contributed by atoms with Crippen LogP contribution in [0.1, 0.15) is 11.3 Å². The third-order valence-corrected chi connectivity index (χ3v) is 7.83. The van der Waals surface area contributed by atoms with Gasteiger partial charge < -0.3 is 9.30 Å². The highest BCUT2D eigenvalue weighted by Gasteiger charge is 2.41. The standard InChI is InChI=1S/C28H26BrFN4O/c29-23-8-6-20(7-9-23)28-25(34-12-2-1-3-26(34)31-28)18-32-14-21-16-33(17-22(21)15-32)27(35)13-19-4-10-24(30)11-5-19/h1-12,21-22H,13-18H2. The van der Waals surface area contributed by atoms with E-state index >= 15 is 0 Å². The molecule has 0 N–H and O–H groups in total. The number of carbonyl (C=O) groups excluding carboxylic acids is 1. The summed E-state index contributed by atoms with van der Waals surface area (Å²) in [6, 6.07) is 20.7. The smallest absolute Gasteiger partial charge is 0.227 e. The molecule has 2 aromatic heterocycles. The van der Waals surface area contributed by atoms with Crippen LogP contribution >= 0.6 is 15.9 Å². The van der Waals surface area contributed by atoms with Gasteiger partial charge in [-0.3, -0.25) is 9.69 Å². The highest BCUT2D eigenvalue weighted by molar-refractivity contribution is 9.10. The zero-order valence-corrected chi connectivity index (χ0v) is 20.9. The van der Waals surface area contributed by atoms with Crippen LogP contribution in [0.3, 0.4) is 0 Å². The van der Waals surface area contributed by atoms with E-state index in [0.717, 1.165) is 59.7 Å². The number of nitrogens with zero attached hydrogens (tertiary/aromatic N) is 4. The minimum Gasteiger partial charge on any atom is -0.342 e. The first kappa shape index (κ1) is 22.4. The summed E-state index contributed by atoms with van der Waals surface area (Å²) in [5, 5.41) is 0. The van der Waals surface area contributed by atoms with Gasteiger partial charge in [0.25, 0.3) is 0 Å². The van der Waals surface area contributed by atoms with Crippen molar-refractivity contribution < 1.29 is 9.18 Å².